The third kappa shape index (κ3) is 3.86. The molecule has 0 unspecified atom stereocenters. The number of hydrogen-bond donors (Lipinski definition) is 0. The standard InChI is InChI=1S/C34H22O2/c1-35-31-9-5-3-7-25(31)13-11-23-19-27-15-17-29-21-24(12-14-26-8-4-6-10-32(26)36-2)22-30-18-16-28(20-23)33(27)34(29)30/h3-10,15-22H,1-2H3. The van der Waals surface area contributed by atoms with Gasteiger partial charge in [0, 0.05) is 11.1 Å². The second-order valence-corrected chi connectivity index (χ2v) is 8.63. The summed E-state index contributed by atoms with van der Waals surface area (Å²) in [5.74, 6) is 14.8. The van der Waals surface area contributed by atoms with E-state index in [2.05, 4.69) is 72.2 Å². The van der Waals surface area contributed by atoms with E-state index < -0.39 is 0 Å². The van der Waals surface area contributed by atoms with Gasteiger partial charge in [-0.3, -0.25) is 0 Å². The van der Waals surface area contributed by atoms with Crippen molar-refractivity contribution in [3.63, 3.8) is 0 Å². The first-order chi connectivity index (χ1) is 17.7. The Kier molecular flexibility index (Phi) is 5.42. The van der Waals surface area contributed by atoms with E-state index in [1.807, 2.05) is 48.5 Å². The number of hydrogen-bond acceptors (Lipinski definition) is 2. The van der Waals surface area contributed by atoms with Gasteiger partial charge in [0.1, 0.15) is 11.5 Å². The van der Waals surface area contributed by atoms with Crippen LogP contribution in [0.25, 0.3) is 32.3 Å². The molecule has 0 aliphatic carbocycles. The molecule has 0 heterocycles. The Hall–Kier alpha value is -4.92. The van der Waals surface area contributed by atoms with Crippen molar-refractivity contribution in [1.82, 2.24) is 0 Å². The molecule has 0 bridgehead atoms. The molecule has 0 saturated heterocycles. The Balaban J connectivity index is 1.44. The molecule has 0 radical (unpaired) electrons. The summed E-state index contributed by atoms with van der Waals surface area (Å²) in [6.07, 6.45) is 0. The molecule has 0 aliphatic rings. The fourth-order valence-corrected chi connectivity index (χ4v) is 4.76. The summed E-state index contributed by atoms with van der Waals surface area (Å²) in [5, 5.41) is 7.25. The summed E-state index contributed by atoms with van der Waals surface area (Å²) in [6.45, 7) is 0. The lowest BCUT2D eigenvalue weighted by atomic mass is 9.91. The zero-order valence-corrected chi connectivity index (χ0v) is 20.1. The van der Waals surface area contributed by atoms with Crippen LogP contribution < -0.4 is 9.47 Å². The summed E-state index contributed by atoms with van der Waals surface area (Å²) in [4.78, 5) is 0. The average molecular weight is 463 g/mol. The van der Waals surface area contributed by atoms with Crippen LogP contribution in [-0.4, -0.2) is 14.2 Å². The Labute approximate surface area is 210 Å². The van der Waals surface area contributed by atoms with E-state index in [-0.39, 0.29) is 0 Å². The highest BCUT2D eigenvalue weighted by atomic mass is 16.5. The van der Waals surface area contributed by atoms with Crippen LogP contribution in [0.15, 0.2) is 97.1 Å². The number of rotatable bonds is 2. The smallest absolute Gasteiger partial charge is 0.134 e. The van der Waals surface area contributed by atoms with Crippen LogP contribution in [-0.2, 0) is 0 Å². The van der Waals surface area contributed by atoms with Gasteiger partial charge in [0.2, 0.25) is 0 Å². The molecule has 0 aliphatic heterocycles. The van der Waals surface area contributed by atoms with Crippen molar-refractivity contribution >= 4 is 32.3 Å². The van der Waals surface area contributed by atoms with Gasteiger partial charge in [-0.2, -0.15) is 0 Å². The van der Waals surface area contributed by atoms with Gasteiger partial charge in [-0.05, 0) is 80.8 Å². The zero-order valence-electron chi connectivity index (χ0n) is 20.1. The van der Waals surface area contributed by atoms with Crippen molar-refractivity contribution in [3.05, 3.63) is 119 Å². The van der Waals surface area contributed by atoms with Crippen LogP contribution in [0, 0.1) is 23.7 Å². The second-order valence-electron chi connectivity index (χ2n) is 8.63. The van der Waals surface area contributed by atoms with Gasteiger partial charge >= 0.3 is 0 Å². The Bertz CT molecular complexity index is 1670. The molecule has 0 aromatic heterocycles. The first kappa shape index (κ1) is 21.6. The predicted molar refractivity (Wildman–Crippen MR) is 148 cm³/mol. The van der Waals surface area contributed by atoms with Gasteiger partial charge in [0.25, 0.3) is 0 Å². The minimum atomic E-state index is 0.785. The van der Waals surface area contributed by atoms with E-state index in [1.54, 1.807) is 14.2 Å². The Morgan fingerprint density at radius 3 is 1.17 bits per heavy atom. The third-order valence-corrected chi connectivity index (χ3v) is 6.43. The molecular weight excluding hydrogens is 440 g/mol. The molecule has 0 amide bonds. The topological polar surface area (TPSA) is 18.5 Å². The molecule has 0 fully saturated rings. The molecule has 0 atom stereocenters. The highest BCUT2D eigenvalue weighted by Crippen LogP contribution is 2.36. The normalized spacial score (nSPS) is 10.6. The fraction of sp³-hybridized carbons (Fsp3) is 0.0588. The maximum atomic E-state index is 5.44. The van der Waals surface area contributed by atoms with Crippen LogP contribution in [0.2, 0.25) is 0 Å². The Morgan fingerprint density at radius 1 is 0.444 bits per heavy atom. The molecule has 0 saturated carbocycles. The van der Waals surface area contributed by atoms with E-state index in [0.29, 0.717) is 0 Å². The lowest BCUT2D eigenvalue weighted by molar-refractivity contribution is 0.413. The van der Waals surface area contributed by atoms with Gasteiger partial charge in [0.05, 0.1) is 25.3 Å². The van der Waals surface area contributed by atoms with E-state index in [9.17, 15) is 0 Å². The molecule has 0 spiro atoms. The number of benzene rings is 6. The lowest BCUT2D eigenvalue weighted by Crippen LogP contribution is -1.89. The summed E-state index contributed by atoms with van der Waals surface area (Å²) < 4.78 is 10.9. The predicted octanol–water partition coefficient (Wildman–Crippen LogP) is 7.40. The van der Waals surface area contributed by atoms with Crippen LogP contribution >= 0.6 is 0 Å². The Morgan fingerprint density at radius 2 is 0.806 bits per heavy atom. The van der Waals surface area contributed by atoms with E-state index in [1.165, 1.54) is 32.3 Å². The first-order valence-electron chi connectivity index (χ1n) is 11.8. The molecule has 6 rings (SSSR count). The van der Waals surface area contributed by atoms with Crippen molar-refractivity contribution in [2.24, 2.45) is 0 Å². The molecule has 6 aromatic carbocycles. The van der Waals surface area contributed by atoms with Crippen molar-refractivity contribution in [1.29, 1.82) is 0 Å². The van der Waals surface area contributed by atoms with Gasteiger partial charge in [-0.1, -0.05) is 72.2 Å². The van der Waals surface area contributed by atoms with Crippen molar-refractivity contribution in [2.45, 2.75) is 0 Å². The van der Waals surface area contributed by atoms with Crippen LogP contribution in [0.3, 0.4) is 0 Å². The van der Waals surface area contributed by atoms with E-state index in [0.717, 1.165) is 33.8 Å². The van der Waals surface area contributed by atoms with Crippen LogP contribution in [0.5, 0.6) is 11.5 Å². The van der Waals surface area contributed by atoms with Crippen molar-refractivity contribution in [2.75, 3.05) is 14.2 Å². The minimum Gasteiger partial charge on any atom is -0.495 e. The molecule has 2 nitrogen and oxygen atoms in total. The zero-order chi connectivity index (χ0) is 24.5. The molecule has 6 aromatic rings. The monoisotopic (exact) mass is 462 g/mol. The summed E-state index contributed by atoms with van der Waals surface area (Å²) in [5.41, 5.74) is 3.73. The SMILES string of the molecule is COc1ccccc1C#Cc1cc2ccc3cc(C#Cc4ccccc4OC)cc4ccc(c1)c2c34. The third-order valence-electron chi connectivity index (χ3n) is 6.43. The first-order valence-corrected chi connectivity index (χ1v) is 11.8. The van der Waals surface area contributed by atoms with Gasteiger partial charge < -0.3 is 9.47 Å². The van der Waals surface area contributed by atoms with Crippen molar-refractivity contribution < 1.29 is 9.47 Å². The van der Waals surface area contributed by atoms with E-state index in [4.69, 9.17) is 9.47 Å². The van der Waals surface area contributed by atoms with Gasteiger partial charge in [0.15, 0.2) is 0 Å². The van der Waals surface area contributed by atoms with Gasteiger partial charge in [-0.25, -0.2) is 0 Å². The fourth-order valence-electron chi connectivity index (χ4n) is 4.76. The summed E-state index contributed by atoms with van der Waals surface area (Å²) in [6, 6.07) is 33.0. The summed E-state index contributed by atoms with van der Waals surface area (Å²) >= 11 is 0. The number of ether oxygens (including phenoxy) is 2. The number of para-hydroxylation sites is 2. The maximum absolute atomic E-state index is 5.44. The average Bonchev–Trinajstić information content (AvgIpc) is 2.93. The minimum absolute atomic E-state index is 0.785. The molecular formula is C34H22O2. The molecule has 36 heavy (non-hydrogen) atoms. The highest BCUT2D eigenvalue weighted by molar-refractivity contribution is 6.23. The maximum Gasteiger partial charge on any atom is 0.134 e. The molecule has 0 N–H and O–H groups in total. The quantitative estimate of drug-likeness (QED) is 0.197. The van der Waals surface area contributed by atoms with Crippen LogP contribution in [0.4, 0.5) is 0 Å². The highest BCUT2D eigenvalue weighted by Gasteiger charge is 2.10. The van der Waals surface area contributed by atoms with Crippen molar-refractivity contribution in [3.8, 4) is 35.2 Å². The largest absolute Gasteiger partial charge is 0.495 e. The second kappa shape index (κ2) is 9.03. The number of methoxy groups -OCH3 is 2. The lowest BCUT2D eigenvalue weighted by Gasteiger charge is -2.12. The van der Waals surface area contributed by atoms with Crippen LogP contribution in [0.1, 0.15) is 22.3 Å². The van der Waals surface area contributed by atoms with Gasteiger partial charge in [-0.15, -0.1) is 0 Å². The van der Waals surface area contributed by atoms with E-state index >= 15 is 0 Å². The summed E-state index contributed by atoms with van der Waals surface area (Å²) in [7, 11) is 3.34. The molecule has 170 valence electrons. The molecule has 2 heteroatoms.